The Morgan fingerprint density at radius 2 is 1.74 bits per heavy atom. The SMILES string of the molecule is NCCOc1ccc(NC(=O)[C@H](CC(=O)O)CC(=O)CNC(=O)c2cccc(N=C(N)N)c2)cc1. The van der Waals surface area contributed by atoms with Crippen LogP contribution in [0, 0.1) is 5.92 Å². The van der Waals surface area contributed by atoms with Gasteiger partial charge in [-0.05, 0) is 42.5 Å². The van der Waals surface area contributed by atoms with Crippen LogP contribution in [0.2, 0.25) is 0 Å². The van der Waals surface area contributed by atoms with Crippen molar-refractivity contribution in [3.63, 3.8) is 0 Å². The molecule has 2 aromatic rings. The second-order valence-corrected chi connectivity index (χ2v) is 7.46. The summed E-state index contributed by atoms with van der Waals surface area (Å²) in [4.78, 5) is 52.5. The molecule has 0 heterocycles. The molecule has 0 aliphatic rings. The van der Waals surface area contributed by atoms with Gasteiger partial charge in [0.1, 0.15) is 12.4 Å². The van der Waals surface area contributed by atoms with E-state index in [4.69, 9.17) is 27.0 Å². The normalized spacial score (nSPS) is 11.1. The molecule has 2 amide bonds. The minimum atomic E-state index is -1.23. The summed E-state index contributed by atoms with van der Waals surface area (Å²) in [5.41, 5.74) is 17.0. The third kappa shape index (κ3) is 9.52. The third-order valence-corrected chi connectivity index (χ3v) is 4.59. The van der Waals surface area contributed by atoms with Gasteiger partial charge in [0.05, 0.1) is 24.6 Å². The molecule has 0 bridgehead atoms. The molecule has 9 N–H and O–H groups in total. The van der Waals surface area contributed by atoms with E-state index in [0.717, 1.165) is 0 Å². The predicted octanol–water partition coefficient (Wildman–Crippen LogP) is 0.348. The number of hydrogen-bond acceptors (Lipinski definition) is 7. The highest BCUT2D eigenvalue weighted by atomic mass is 16.5. The molecule has 2 rings (SSSR count). The third-order valence-electron chi connectivity index (χ3n) is 4.59. The Morgan fingerprint density at radius 1 is 1.03 bits per heavy atom. The summed E-state index contributed by atoms with van der Waals surface area (Å²) >= 11 is 0. The van der Waals surface area contributed by atoms with Crippen molar-refractivity contribution in [3.05, 3.63) is 54.1 Å². The van der Waals surface area contributed by atoms with Crippen LogP contribution >= 0.6 is 0 Å². The van der Waals surface area contributed by atoms with Crippen LogP contribution in [-0.4, -0.2) is 54.3 Å². The summed E-state index contributed by atoms with van der Waals surface area (Å²) in [5.74, 6) is -3.67. The molecule has 1 atom stereocenters. The number of aliphatic carboxylic acids is 1. The zero-order valence-corrected chi connectivity index (χ0v) is 18.9. The highest BCUT2D eigenvalue weighted by Gasteiger charge is 2.25. The Morgan fingerprint density at radius 3 is 2.37 bits per heavy atom. The van der Waals surface area contributed by atoms with Gasteiger partial charge in [-0.2, -0.15) is 0 Å². The van der Waals surface area contributed by atoms with Crippen LogP contribution in [0.1, 0.15) is 23.2 Å². The molecule has 0 radical (unpaired) electrons. The van der Waals surface area contributed by atoms with Gasteiger partial charge in [0, 0.05) is 24.2 Å². The number of nitrogens with zero attached hydrogens (tertiary/aromatic N) is 1. The van der Waals surface area contributed by atoms with E-state index in [0.29, 0.717) is 30.3 Å². The summed E-state index contributed by atoms with van der Waals surface area (Å²) in [6, 6.07) is 12.5. The number of carboxylic acid groups (broad SMARTS) is 1. The average Bonchev–Trinajstić information content (AvgIpc) is 2.81. The number of nitrogens with one attached hydrogen (secondary N) is 2. The van der Waals surface area contributed by atoms with Gasteiger partial charge >= 0.3 is 5.97 Å². The van der Waals surface area contributed by atoms with E-state index in [1.165, 1.54) is 12.1 Å². The molecule has 2 aromatic carbocycles. The van der Waals surface area contributed by atoms with Gasteiger partial charge in [-0.15, -0.1) is 0 Å². The highest BCUT2D eigenvalue weighted by Crippen LogP contribution is 2.19. The zero-order chi connectivity index (χ0) is 25.8. The predicted molar refractivity (Wildman–Crippen MR) is 129 cm³/mol. The van der Waals surface area contributed by atoms with E-state index in [1.54, 1.807) is 36.4 Å². The Balaban J connectivity index is 1.95. The van der Waals surface area contributed by atoms with Crippen LogP contribution in [0.5, 0.6) is 5.75 Å². The van der Waals surface area contributed by atoms with Gasteiger partial charge in [0.2, 0.25) is 5.91 Å². The molecule has 0 saturated carbocycles. The van der Waals surface area contributed by atoms with Gasteiger partial charge in [0.25, 0.3) is 5.91 Å². The van der Waals surface area contributed by atoms with Gasteiger partial charge in [-0.25, -0.2) is 4.99 Å². The van der Waals surface area contributed by atoms with Crippen molar-refractivity contribution in [2.75, 3.05) is 25.0 Å². The Hall–Kier alpha value is -4.45. The molecule has 0 fully saturated rings. The Bertz CT molecular complexity index is 1080. The van der Waals surface area contributed by atoms with E-state index < -0.39 is 35.9 Å². The molecular formula is C23H28N6O6. The minimum absolute atomic E-state index is 0.170. The van der Waals surface area contributed by atoms with Crippen molar-refractivity contribution in [1.82, 2.24) is 5.32 Å². The number of amides is 2. The standard InChI is InChI=1S/C23H28N6O6/c24-8-9-35-19-6-4-16(5-7-19)28-22(34)15(12-20(31)32)11-18(30)13-27-21(33)14-2-1-3-17(10-14)29-23(25)26/h1-7,10,15H,8-9,11-13,24H2,(H,27,33)(H,28,34)(H,31,32)(H4,25,26,29)/t15-/m0/s1. The van der Waals surface area contributed by atoms with E-state index in [9.17, 15) is 19.2 Å². The molecule has 0 unspecified atom stereocenters. The summed E-state index contributed by atoms with van der Waals surface area (Å²) in [6.45, 7) is 0.308. The van der Waals surface area contributed by atoms with Crippen molar-refractivity contribution in [3.8, 4) is 5.75 Å². The van der Waals surface area contributed by atoms with E-state index >= 15 is 0 Å². The number of anilines is 1. The fourth-order valence-electron chi connectivity index (χ4n) is 3.02. The molecule has 0 saturated heterocycles. The minimum Gasteiger partial charge on any atom is -0.492 e. The highest BCUT2D eigenvalue weighted by molar-refractivity contribution is 6.00. The van der Waals surface area contributed by atoms with E-state index in [1.807, 2.05) is 0 Å². The number of carbonyl (C=O) groups is 4. The first-order valence-corrected chi connectivity index (χ1v) is 10.6. The molecular weight excluding hydrogens is 456 g/mol. The Labute approximate surface area is 201 Å². The van der Waals surface area contributed by atoms with E-state index in [-0.39, 0.29) is 24.5 Å². The molecule has 12 heteroatoms. The maximum absolute atomic E-state index is 12.6. The van der Waals surface area contributed by atoms with Crippen molar-refractivity contribution in [2.45, 2.75) is 12.8 Å². The molecule has 0 aliphatic carbocycles. The van der Waals surface area contributed by atoms with Crippen molar-refractivity contribution >= 4 is 40.9 Å². The maximum atomic E-state index is 12.6. The summed E-state index contributed by atoms with van der Waals surface area (Å²) in [6.07, 6.45) is -0.923. The second kappa shape index (κ2) is 13.3. The van der Waals surface area contributed by atoms with Crippen LogP contribution in [0.25, 0.3) is 0 Å². The lowest BCUT2D eigenvalue weighted by Gasteiger charge is -2.15. The number of benzene rings is 2. The number of ether oxygens (including phenoxy) is 1. The second-order valence-electron chi connectivity index (χ2n) is 7.46. The number of nitrogens with two attached hydrogens (primary N) is 3. The smallest absolute Gasteiger partial charge is 0.304 e. The van der Waals surface area contributed by atoms with Crippen LogP contribution in [-0.2, 0) is 14.4 Å². The number of ketones is 1. The molecule has 0 aromatic heterocycles. The first-order valence-electron chi connectivity index (χ1n) is 10.6. The van der Waals surface area contributed by atoms with Crippen molar-refractivity contribution < 1.29 is 29.0 Å². The number of aliphatic imine (C=N–C) groups is 1. The van der Waals surface area contributed by atoms with Crippen LogP contribution in [0.3, 0.4) is 0 Å². The van der Waals surface area contributed by atoms with Crippen LogP contribution in [0.15, 0.2) is 53.5 Å². The summed E-state index contributed by atoms with van der Waals surface area (Å²) < 4.78 is 5.36. The first kappa shape index (κ1) is 26.8. The fraction of sp³-hybridized carbons (Fsp3) is 0.261. The number of carboxylic acids is 1. The maximum Gasteiger partial charge on any atom is 0.304 e. The van der Waals surface area contributed by atoms with Crippen LogP contribution < -0.4 is 32.6 Å². The number of rotatable bonds is 13. The lowest BCUT2D eigenvalue weighted by Crippen LogP contribution is -2.33. The molecule has 0 spiro atoms. The fourth-order valence-corrected chi connectivity index (χ4v) is 3.02. The zero-order valence-electron chi connectivity index (χ0n) is 18.9. The van der Waals surface area contributed by atoms with Gasteiger partial charge in [-0.1, -0.05) is 6.07 Å². The van der Waals surface area contributed by atoms with Gasteiger partial charge in [-0.3, -0.25) is 19.2 Å². The van der Waals surface area contributed by atoms with E-state index in [2.05, 4.69) is 15.6 Å². The lowest BCUT2D eigenvalue weighted by atomic mass is 9.97. The number of guanidine groups is 1. The molecule has 12 nitrogen and oxygen atoms in total. The first-order chi connectivity index (χ1) is 16.7. The monoisotopic (exact) mass is 484 g/mol. The summed E-state index contributed by atoms with van der Waals surface area (Å²) in [7, 11) is 0. The number of Topliss-reactive ketones (excluding diaryl/α,β-unsaturated/α-hetero) is 1. The largest absolute Gasteiger partial charge is 0.492 e. The summed E-state index contributed by atoms with van der Waals surface area (Å²) in [5, 5.41) is 14.2. The van der Waals surface area contributed by atoms with Gasteiger partial charge in [0.15, 0.2) is 11.7 Å². The lowest BCUT2D eigenvalue weighted by molar-refractivity contribution is -0.140. The molecule has 0 aliphatic heterocycles. The number of carbonyl (C=O) groups excluding carboxylic acids is 3. The topological polar surface area (TPSA) is 212 Å². The quantitative estimate of drug-likeness (QED) is 0.171. The van der Waals surface area contributed by atoms with Gasteiger partial charge < -0.3 is 37.7 Å². The average molecular weight is 485 g/mol. The van der Waals surface area contributed by atoms with Crippen LogP contribution in [0.4, 0.5) is 11.4 Å². The molecule has 186 valence electrons. The van der Waals surface area contributed by atoms with Crippen molar-refractivity contribution in [1.29, 1.82) is 0 Å². The van der Waals surface area contributed by atoms with Crippen molar-refractivity contribution in [2.24, 2.45) is 28.1 Å². The molecule has 35 heavy (non-hydrogen) atoms. The number of hydrogen-bond donors (Lipinski definition) is 6. The Kier molecular flexibility index (Phi) is 10.2.